The summed E-state index contributed by atoms with van der Waals surface area (Å²) in [6.07, 6.45) is 0. The van der Waals surface area contributed by atoms with Crippen LogP contribution in [-0.2, 0) is 9.59 Å². The molecule has 0 aliphatic carbocycles. The van der Waals surface area contributed by atoms with E-state index in [9.17, 15) is 9.59 Å². The minimum atomic E-state index is -1.16. The molecule has 0 radical (unpaired) electrons. The maximum Gasteiger partial charge on any atom is 0.239 e. The van der Waals surface area contributed by atoms with Crippen LogP contribution in [0.1, 0.15) is 34.6 Å². The maximum atomic E-state index is 12.3. The Balaban J connectivity index is 2.78. The van der Waals surface area contributed by atoms with Gasteiger partial charge >= 0.3 is 0 Å². The first-order chi connectivity index (χ1) is 9.56. The average Bonchev–Trinajstić information content (AvgIpc) is 2.37. The van der Waals surface area contributed by atoms with Crippen LogP contribution < -0.4 is 15.4 Å². The highest BCUT2D eigenvalue weighted by molar-refractivity contribution is 6.10. The number of nitrogens with one attached hydrogen (secondary N) is 2. The van der Waals surface area contributed by atoms with E-state index in [1.807, 2.05) is 20.8 Å². The van der Waals surface area contributed by atoms with Crippen molar-refractivity contribution in [1.82, 2.24) is 5.32 Å². The topological polar surface area (TPSA) is 67.4 Å². The molecule has 21 heavy (non-hydrogen) atoms. The molecule has 0 aliphatic heterocycles. The molecule has 0 aliphatic rings. The minimum Gasteiger partial charge on any atom is -0.497 e. The summed E-state index contributed by atoms with van der Waals surface area (Å²) in [5, 5.41) is 5.57. The normalized spacial score (nSPS) is 11.7. The molecule has 0 atom stereocenters. The highest BCUT2D eigenvalue weighted by atomic mass is 16.5. The smallest absolute Gasteiger partial charge is 0.239 e. The Kier molecular flexibility index (Phi) is 4.99. The minimum absolute atomic E-state index is 0.305. The fourth-order valence-corrected chi connectivity index (χ4v) is 1.56. The van der Waals surface area contributed by atoms with Crippen LogP contribution in [-0.4, -0.2) is 24.5 Å². The number of benzene rings is 1. The van der Waals surface area contributed by atoms with E-state index in [1.165, 1.54) is 0 Å². The number of methoxy groups -OCH3 is 1. The number of rotatable bonds is 4. The Morgan fingerprint density at radius 2 is 1.48 bits per heavy atom. The molecule has 0 spiro atoms. The Bertz CT molecular complexity index is 513. The van der Waals surface area contributed by atoms with Crippen LogP contribution in [0, 0.1) is 5.41 Å². The SMILES string of the molecule is COc1ccc(NC(=O)C(C)(C)C(=O)NC(C)(C)C)cc1. The Morgan fingerprint density at radius 1 is 0.952 bits per heavy atom. The monoisotopic (exact) mass is 292 g/mol. The maximum absolute atomic E-state index is 12.3. The molecule has 0 saturated carbocycles. The molecule has 1 aromatic rings. The lowest BCUT2D eigenvalue weighted by atomic mass is 9.89. The standard InChI is InChI=1S/C16H24N2O3/c1-15(2,3)18-14(20)16(4,5)13(19)17-11-7-9-12(21-6)10-8-11/h7-10H,1-6H3,(H,17,19)(H,18,20). The number of carbonyl (C=O) groups is 2. The molecule has 0 aromatic heterocycles. The summed E-state index contributed by atoms with van der Waals surface area (Å²) in [6.45, 7) is 8.84. The van der Waals surface area contributed by atoms with Gasteiger partial charge in [-0.2, -0.15) is 0 Å². The zero-order valence-corrected chi connectivity index (χ0v) is 13.5. The largest absolute Gasteiger partial charge is 0.497 e. The predicted molar refractivity (Wildman–Crippen MR) is 83.3 cm³/mol. The fourth-order valence-electron chi connectivity index (χ4n) is 1.56. The van der Waals surface area contributed by atoms with Gasteiger partial charge in [-0.25, -0.2) is 0 Å². The third-order valence-corrected chi connectivity index (χ3v) is 2.97. The van der Waals surface area contributed by atoms with Gasteiger partial charge in [-0.3, -0.25) is 9.59 Å². The Hall–Kier alpha value is -2.04. The van der Waals surface area contributed by atoms with Gasteiger partial charge in [0.05, 0.1) is 7.11 Å². The molecule has 5 heteroatoms. The second-order valence-electron chi connectivity index (χ2n) is 6.51. The molecular weight excluding hydrogens is 268 g/mol. The fraction of sp³-hybridized carbons (Fsp3) is 0.500. The van der Waals surface area contributed by atoms with Gasteiger partial charge in [0.2, 0.25) is 11.8 Å². The quantitative estimate of drug-likeness (QED) is 0.838. The Morgan fingerprint density at radius 3 is 1.90 bits per heavy atom. The van der Waals surface area contributed by atoms with Gasteiger partial charge in [0.25, 0.3) is 0 Å². The number of hydrogen-bond donors (Lipinski definition) is 2. The van der Waals surface area contributed by atoms with Crippen molar-refractivity contribution in [3.05, 3.63) is 24.3 Å². The lowest BCUT2D eigenvalue weighted by molar-refractivity contribution is -0.139. The van der Waals surface area contributed by atoms with Gasteiger partial charge in [0.15, 0.2) is 0 Å². The highest BCUT2D eigenvalue weighted by Gasteiger charge is 2.37. The summed E-state index contributed by atoms with van der Waals surface area (Å²) in [7, 11) is 1.58. The molecule has 1 rings (SSSR count). The summed E-state index contributed by atoms with van der Waals surface area (Å²) in [5.74, 6) is 0.0492. The van der Waals surface area contributed by atoms with Crippen molar-refractivity contribution >= 4 is 17.5 Å². The first-order valence-electron chi connectivity index (χ1n) is 6.84. The first kappa shape index (κ1) is 17.0. The Labute approximate surface area is 126 Å². The van der Waals surface area contributed by atoms with Crippen LogP contribution in [0.3, 0.4) is 0 Å². The van der Waals surface area contributed by atoms with Gasteiger partial charge in [-0.05, 0) is 58.9 Å². The van der Waals surface area contributed by atoms with E-state index < -0.39 is 5.41 Å². The molecule has 1 aromatic carbocycles. The summed E-state index contributed by atoms with van der Waals surface area (Å²) in [6, 6.07) is 6.96. The molecule has 2 N–H and O–H groups in total. The second-order valence-corrected chi connectivity index (χ2v) is 6.51. The van der Waals surface area contributed by atoms with Crippen molar-refractivity contribution in [1.29, 1.82) is 0 Å². The number of carbonyl (C=O) groups excluding carboxylic acids is 2. The van der Waals surface area contributed by atoms with Crippen molar-refractivity contribution in [2.45, 2.75) is 40.2 Å². The number of hydrogen-bond acceptors (Lipinski definition) is 3. The van der Waals surface area contributed by atoms with Crippen LogP contribution in [0.5, 0.6) is 5.75 Å². The average molecular weight is 292 g/mol. The number of amides is 2. The molecule has 0 saturated heterocycles. The van der Waals surface area contributed by atoms with Gasteiger partial charge in [-0.15, -0.1) is 0 Å². The van der Waals surface area contributed by atoms with Crippen LogP contribution >= 0.6 is 0 Å². The summed E-state index contributed by atoms with van der Waals surface area (Å²) in [5.41, 5.74) is -0.917. The van der Waals surface area contributed by atoms with E-state index in [1.54, 1.807) is 45.2 Å². The van der Waals surface area contributed by atoms with E-state index in [0.717, 1.165) is 0 Å². The van der Waals surface area contributed by atoms with E-state index in [2.05, 4.69) is 10.6 Å². The molecule has 0 unspecified atom stereocenters. The number of anilines is 1. The lowest BCUT2D eigenvalue weighted by Gasteiger charge is -2.28. The zero-order chi connectivity index (χ0) is 16.3. The summed E-state index contributed by atoms with van der Waals surface area (Å²) < 4.78 is 5.06. The molecule has 116 valence electrons. The van der Waals surface area contributed by atoms with Crippen molar-refractivity contribution < 1.29 is 14.3 Å². The molecule has 0 heterocycles. The van der Waals surface area contributed by atoms with E-state index in [0.29, 0.717) is 11.4 Å². The van der Waals surface area contributed by atoms with E-state index in [-0.39, 0.29) is 17.4 Å². The van der Waals surface area contributed by atoms with Crippen LogP contribution in [0.15, 0.2) is 24.3 Å². The van der Waals surface area contributed by atoms with Crippen LogP contribution in [0.2, 0.25) is 0 Å². The van der Waals surface area contributed by atoms with Crippen LogP contribution in [0.4, 0.5) is 5.69 Å². The molecule has 0 fully saturated rings. The van der Waals surface area contributed by atoms with Gasteiger partial charge in [0.1, 0.15) is 11.2 Å². The molecular formula is C16H24N2O3. The molecule has 2 amide bonds. The van der Waals surface area contributed by atoms with Crippen LogP contribution in [0.25, 0.3) is 0 Å². The lowest BCUT2D eigenvalue weighted by Crippen LogP contribution is -2.51. The van der Waals surface area contributed by atoms with Gasteiger partial charge in [0, 0.05) is 11.2 Å². The predicted octanol–water partition coefficient (Wildman–Crippen LogP) is 2.57. The van der Waals surface area contributed by atoms with Gasteiger partial charge in [-0.1, -0.05) is 0 Å². The van der Waals surface area contributed by atoms with Gasteiger partial charge < -0.3 is 15.4 Å². The van der Waals surface area contributed by atoms with Crippen molar-refractivity contribution in [3.63, 3.8) is 0 Å². The molecule has 0 bridgehead atoms. The zero-order valence-electron chi connectivity index (χ0n) is 13.5. The number of ether oxygens (including phenoxy) is 1. The first-order valence-corrected chi connectivity index (χ1v) is 6.84. The summed E-state index contributed by atoms with van der Waals surface area (Å²) in [4.78, 5) is 24.5. The molecule has 5 nitrogen and oxygen atoms in total. The highest BCUT2D eigenvalue weighted by Crippen LogP contribution is 2.21. The van der Waals surface area contributed by atoms with Crippen molar-refractivity contribution in [3.8, 4) is 5.75 Å². The van der Waals surface area contributed by atoms with Crippen molar-refractivity contribution in [2.24, 2.45) is 5.41 Å². The van der Waals surface area contributed by atoms with Crippen molar-refractivity contribution in [2.75, 3.05) is 12.4 Å². The van der Waals surface area contributed by atoms with E-state index in [4.69, 9.17) is 4.74 Å². The summed E-state index contributed by atoms with van der Waals surface area (Å²) >= 11 is 0. The van der Waals surface area contributed by atoms with E-state index >= 15 is 0 Å². The third kappa shape index (κ3) is 4.77. The second kappa shape index (κ2) is 6.16. The third-order valence-electron chi connectivity index (χ3n) is 2.97.